The van der Waals surface area contributed by atoms with Gasteiger partial charge in [0, 0.05) is 17.1 Å². The smallest absolute Gasteiger partial charge is 0.287 e. The van der Waals surface area contributed by atoms with Gasteiger partial charge in [0.1, 0.15) is 0 Å². The molecular formula is C14H23N3O4S. The first-order chi connectivity index (χ1) is 9.88. The topological polar surface area (TPSA) is 114 Å². The lowest BCUT2D eigenvalue weighted by molar-refractivity contribution is 0.0841. The van der Waals surface area contributed by atoms with Crippen molar-refractivity contribution in [2.24, 2.45) is 5.14 Å². The van der Waals surface area contributed by atoms with Crippen molar-refractivity contribution in [3.05, 3.63) is 17.9 Å². The number of hydrogen-bond donors (Lipinski definition) is 3. The Morgan fingerprint density at radius 1 is 1.27 bits per heavy atom. The maximum atomic E-state index is 12.2. The number of nitrogens with two attached hydrogens (primary N) is 1. The largest absolute Gasteiger partial charge is 0.438 e. The number of hydrogen-bond acceptors (Lipinski definition) is 5. The van der Waals surface area contributed by atoms with Crippen LogP contribution in [-0.2, 0) is 10.0 Å². The number of primary sulfonamides is 1. The molecule has 7 nitrogen and oxygen atoms in total. The fourth-order valence-corrected chi connectivity index (χ4v) is 3.74. The number of sulfonamides is 1. The zero-order valence-corrected chi connectivity index (χ0v) is 14.1. The summed E-state index contributed by atoms with van der Waals surface area (Å²) in [6.07, 6.45) is 1.54. The molecule has 2 heterocycles. The lowest BCUT2D eigenvalue weighted by Crippen LogP contribution is -2.62. The van der Waals surface area contributed by atoms with Crippen LogP contribution in [0.4, 0.5) is 0 Å². The van der Waals surface area contributed by atoms with Gasteiger partial charge in [0.05, 0.1) is 0 Å². The Morgan fingerprint density at radius 2 is 1.82 bits per heavy atom. The Morgan fingerprint density at radius 3 is 2.27 bits per heavy atom. The average molecular weight is 329 g/mol. The Kier molecular flexibility index (Phi) is 4.14. The van der Waals surface area contributed by atoms with Gasteiger partial charge in [-0.1, -0.05) is 0 Å². The van der Waals surface area contributed by atoms with Gasteiger partial charge < -0.3 is 15.1 Å². The first kappa shape index (κ1) is 17.0. The van der Waals surface area contributed by atoms with E-state index in [-0.39, 0.29) is 22.9 Å². The molecule has 1 aromatic rings. The van der Waals surface area contributed by atoms with E-state index >= 15 is 0 Å². The molecule has 1 aliphatic rings. The number of furan rings is 1. The SMILES string of the molecule is CC1(C)CC(NC(=O)c2ccc(S(N)(=O)=O)o2)CC(C)(C)N1. The van der Waals surface area contributed by atoms with E-state index in [1.807, 2.05) is 0 Å². The number of piperidine rings is 1. The van der Waals surface area contributed by atoms with Gasteiger partial charge in [-0.25, -0.2) is 13.6 Å². The highest BCUT2D eigenvalue weighted by Crippen LogP contribution is 2.28. The van der Waals surface area contributed by atoms with Gasteiger partial charge >= 0.3 is 0 Å². The minimum Gasteiger partial charge on any atom is -0.438 e. The quantitative estimate of drug-likeness (QED) is 0.764. The Balaban J connectivity index is 2.10. The standard InChI is InChI=1S/C14H23N3O4S/c1-13(2)7-9(8-14(3,4)17-13)16-12(18)10-5-6-11(21-10)22(15,19)20/h5-6,9,17H,7-8H2,1-4H3,(H,16,18)(H2,15,19,20). The molecule has 124 valence electrons. The van der Waals surface area contributed by atoms with Crippen molar-refractivity contribution in [1.29, 1.82) is 0 Å². The van der Waals surface area contributed by atoms with Crippen LogP contribution < -0.4 is 15.8 Å². The van der Waals surface area contributed by atoms with E-state index in [0.29, 0.717) is 0 Å². The van der Waals surface area contributed by atoms with Gasteiger partial charge in [-0.15, -0.1) is 0 Å². The summed E-state index contributed by atoms with van der Waals surface area (Å²) in [4.78, 5) is 12.2. The normalized spacial score (nSPS) is 21.5. The van der Waals surface area contributed by atoms with E-state index in [2.05, 4.69) is 38.3 Å². The number of nitrogens with one attached hydrogen (secondary N) is 2. The third-order valence-electron chi connectivity index (χ3n) is 3.61. The third kappa shape index (κ3) is 4.08. The third-order valence-corrected chi connectivity index (χ3v) is 4.39. The maximum Gasteiger partial charge on any atom is 0.287 e. The van der Waals surface area contributed by atoms with Crippen LogP contribution in [0.5, 0.6) is 0 Å². The molecule has 0 spiro atoms. The zero-order valence-electron chi connectivity index (χ0n) is 13.3. The van der Waals surface area contributed by atoms with Crippen LogP contribution in [0.3, 0.4) is 0 Å². The summed E-state index contributed by atoms with van der Waals surface area (Å²) < 4.78 is 27.4. The van der Waals surface area contributed by atoms with Crippen LogP contribution in [0.25, 0.3) is 0 Å². The summed E-state index contributed by atoms with van der Waals surface area (Å²) in [6, 6.07) is 2.47. The molecule has 0 atom stereocenters. The van der Waals surface area contributed by atoms with Crippen molar-refractivity contribution in [2.45, 2.75) is 62.7 Å². The van der Waals surface area contributed by atoms with Crippen LogP contribution in [-0.4, -0.2) is 31.4 Å². The molecule has 1 saturated heterocycles. The summed E-state index contributed by atoms with van der Waals surface area (Å²) in [5.74, 6) is -0.494. The highest BCUT2D eigenvalue weighted by molar-refractivity contribution is 7.89. The van der Waals surface area contributed by atoms with Crippen molar-refractivity contribution in [3.63, 3.8) is 0 Å². The number of carbonyl (C=O) groups excluding carboxylic acids is 1. The Labute approximate surface area is 130 Å². The minimum atomic E-state index is -3.94. The van der Waals surface area contributed by atoms with Crippen LogP contribution in [0.2, 0.25) is 0 Å². The predicted octanol–water partition coefficient (Wildman–Crippen LogP) is 0.966. The summed E-state index contributed by atoms with van der Waals surface area (Å²) >= 11 is 0. The molecule has 22 heavy (non-hydrogen) atoms. The molecular weight excluding hydrogens is 306 g/mol. The lowest BCUT2D eigenvalue weighted by Gasteiger charge is -2.46. The molecule has 1 aromatic heterocycles. The first-order valence-corrected chi connectivity index (χ1v) is 8.65. The van der Waals surface area contributed by atoms with Crippen molar-refractivity contribution in [2.75, 3.05) is 0 Å². The molecule has 1 fully saturated rings. The molecule has 1 aliphatic heterocycles. The summed E-state index contributed by atoms with van der Waals surface area (Å²) in [5.41, 5.74) is -0.205. The second-order valence-corrected chi connectivity index (χ2v) is 8.63. The number of amides is 1. The van der Waals surface area contributed by atoms with Crippen molar-refractivity contribution >= 4 is 15.9 Å². The lowest BCUT2D eigenvalue weighted by atomic mass is 9.79. The Bertz CT molecular complexity index is 660. The van der Waals surface area contributed by atoms with Gasteiger partial charge in [0.15, 0.2) is 5.76 Å². The molecule has 1 amide bonds. The zero-order chi connectivity index (χ0) is 16.8. The fraction of sp³-hybridized carbons (Fsp3) is 0.643. The summed E-state index contributed by atoms with van der Waals surface area (Å²) in [7, 11) is -3.94. The highest BCUT2D eigenvalue weighted by atomic mass is 32.2. The monoisotopic (exact) mass is 329 g/mol. The number of carbonyl (C=O) groups is 1. The first-order valence-electron chi connectivity index (χ1n) is 7.11. The van der Waals surface area contributed by atoms with Gasteiger partial charge in [0.25, 0.3) is 15.9 Å². The molecule has 0 aromatic carbocycles. The van der Waals surface area contributed by atoms with E-state index < -0.39 is 21.0 Å². The van der Waals surface area contributed by atoms with Crippen molar-refractivity contribution < 1.29 is 17.6 Å². The fourth-order valence-electron chi connectivity index (χ4n) is 3.28. The van der Waals surface area contributed by atoms with E-state index in [9.17, 15) is 13.2 Å². The van der Waals surface area contributed by atoms with Gasteiger partial charge in [-0.3, -0.25) is 4.79 Å². The van der Waals surface area contributed by atoms with Crippen LogP contribution in [0.15, 0.2) is 21.6 Å². The van der Waals surface area contributed by atoms with E-state index in [4.69, 9.17) is 9.56 Å². The molecule has 0 saturated carbocycles. The maximum absolute atomic E-state index is 12.2. The van der Waals surface area contributed by atoms with E-state index in [0.717, 1.165) is 12.8 Å². The minimum absolute atomic E-state index is 0.0261. The Hall–Kier alpha value is -1.38. The molecule has 0 radical (unpaired) electrons. The van der Waals surface area contributed by atoms with Gasteiger partial charge in [-0.2, -0.15) is 0 Å². The molecule has 4 N–H and O–H groups in total. The summed E-state index contributed by atoms with van der Waals surface area (Å²) in [6.45, 7) is 8.33. The highest BCUT2D eigenvalue weighted by Gasteiger charge is 2.38. The predicted molar refractivity (Wildman–Crippen MR) is 81.9 cm³/mol. The summed E-state index contributed by atoms with van der Waals surface area (Å²) in [5, 5.41) is 11.0. The van der Waals surface area contributed by atoms with Crippen molar-refractivity contribution in [3.8, 4) is 0 Å². The van der Waals surface area contributed by atoms with Gasteiger partial charge in [0.2, 0.25) is 5.09 Å². The van der Waals surface area contributed by atoms with Crippen LogP contribution >= 0.6 is 0 Å². The molecule has 2 rings (SSSR count). The van der Waals surface area contributed by atoms with E-state index in [1.165, 1.54) is 12.1 Å². The average Bonchev–Trinajstić information content (AvgIpc) is 2.72. The number of rotatable bonds is 3. The van der Waals surface area contributed by atoms with Gasteiger partial charge in [-0.05, 0) is 52.7 Å². The molecule has 0 aliphatic carbocycles. The molecule has 0 bridgehead atoms. The van der Waals surface area contributed by atoms with Crippen LogP contribution in [0, 0.1) is 0 Å². The van der Waals surface area contributed by atoms with Crippen molar-refractivity contribution in [1.82, 2.24) is 10.6 Å². The van der Waals surface area contributed by atoms with Crippen LogP contribution in [0.1, 0.15) is 51.1 Å². The van der Waals surface area contributed by atoms with E-state index in [1.54, 1.807) is 0 Å². The molecule has 0 unspecified atom stereocenters. The second kappa shape index (κ2) is 5.36. The molecule has 8 heteroatoms. The second-order valence-electron chi connectivity index (χ2n) is 7.14.